The number of β-amino-alcohol motifs (C(OH)–C–C–N with tert-alkyl or cyclic N) is 1. The molecule has 2 amide bonds. The Bertz CT molecular complexity index is 724. The van der Waals surface area contributed by atoms with Crippen molar-refractivity contribution in [2.24, 2.45) is 11.8 Å². The minimum atomic E-state index is -1.08. The van der Waals surface area contributed by atoms with Gasteiger partial charge in [0.2, 0.25) is 11.8 Å². The van der Waals surface area contributed by atoms with Gasteiger partial charge in [0.1, 0.15) is 17.6 Å². The first kappa shape index (κ1) is 22.7. The van der Waals surface area contributed by atoms with Crippen molar-refractivity contribution in [2.45, 2.75) is 70.2 Å². The molecule has 8 nitrogen and oxygen atoms in total. The highest BCUT2D eigenvalue weighted by Gasteiger charge is 2.79. The first-order valence-corrected chi connectivity index (χ1v) is 10.9. The molecule has 3 fully saturated rings. The van der Waals surface area contributed by atoms with Crippen molar-refractivity contribution in [3.8, 4) is 0 Å². The van der Waals surface area contributed by atoms with Crippen LogP contribution in [-0.2, 0) is 23.9 Å². The van der Waals surface area contributed by atoms with Crippen molar-refractivity contribution < 1.29 is 29.0 Å². The predicted molar refractivity (Wildman–Crippen MR) is 109 cm³/mol. The molecule has 5 atom stereocenters. The van der Waals surface area contributed by atoms with Gasteiger partial charge in [-0.1, -0.05) is 13.0 Å². The van der Waals surface area contributed by atoms with Gasteiger partial charge in [-0.05, 0) is 40.0 Å². The number of carbonyl (C=O) groups is 3. The van der Waals surface area contributed by atoms with Gasteiger partial charge in [-0.25, -0.2) is 0 Å². The average Bonchev–Trinajstić information content (AvgIpc) is 3.30. The lowest BCUT2D eigenvalue weighted by Crippen LogP contribution is -2.57. The maximum Gasteiger partial charge on any atom is 0.312 e. The number of aliphatic hydroxyl groups excluding tert-OH is 1. The second kappa shape index (κ2) is 8.30. The van der Waals surface area contributed by atoms with Gasteiger partial charge in [0.15, 0.2) is 0 Å². The summed E-state index contributed by atoms with van der Waals surface area (Å²) in [5.74, 6) is -2.50. The first-order chi connectivity index (χ1) is 14.2. The highest BCUT2D eigenvalue weighted by atomic mass is 16.6. The van der Waals surface area contributed by atoms with Crippen LogP contribution in [0.25, 0.3) is 0 Å². The van der Waals surface area contributed by atoms with Gasteiger partial charge in [-0.3, -0.25) is 14.4 Å². The lowest BCUT2D eigenvalue weighted by atomic mass is 9.65. The van der Waals surface area contributed by atoms with Crippen molar-refractivity contribution in [1.82, 2.24) is 9.80 Å². The van der Waals surface area contributed by atoms with Crippen LogP contribution in [0.2, 0.25) is 0 Å². The number of hydrogen-bond donors (Lipinski definition) is 1. The van der Waals surface area contributed by atoms with Gasteiger partial charge in [0.25, 0.3) is 0 Å². The van der Waals surface area contributed by atoms with E-state index in [2.05, 4.69) is 6.58 Å². The lowest BCUT2D eigenvalue weighted by Gasteiger charge is -2.38. The van der Waals surface area contributed by atoms with E-state index in [0.717, 1.165) is 0 Å². The van der Waals surface area contributed by atoms with E-state index >= 15 is 0 Å². The molecule has 168 valence electrons. The summed E-state index contributed by atoms with van der Waals surface area (Å²) in [6.07, 6.45) is 3.33. The Morgan fingerprint density at radius 1 is 1.40 bits per heavy atom. The molecule has 30 heavy (non-hydrogen) atoms. The Kier molecular flexibility index (Phi) is 6.30. The first-order valence-electron chi connectivity index (χ1n) is 10.9. The molecule has 1 N–H and O–H groups in total. The molecule has 3 aliphatic heterocycles. The minimum Gasteiger partial charge on any atom is -0.466 e. The smallest absolute Gasteiger partial charge is 0.312 e. The Labute approximate surface area is 178 Å². The zero-order chi connectivity index (χ0) is 22.3. The SMILES string of the molecule is C=CCN(C(=O)C1N(CCO)C(=O)[C@@H]2[C@H](C(=O)OCC)[C@]3(CC)CCC12O3)C(C)C. The predicted octanol–water partition coefficient (Wildman–Crippen LogP) is 1.12. The van der Waals surface area contributed by atoms with E-state index in [1.54, 1.807) is 17.9 Å². The average molecular weight is 423 g/mol. The normalized spacial score (nSPS) is 34.4. The van der Waals surface area contributed by atoms with Gasteiger partial charge in [-0.15, -0.1) is 6.58 Å². The molecule has 3 aliphatic rings. The standard InChI is InChI=1S/C22H34N2O6/c1-6-11-23(14(4)5)19(27)17-22-10-9-21(7-2,30-22)16(20(28)29-8-3)15(22)18(26)24(17)12-13-25/h6,14-17,25H,1,7-13H2,2-5H3/t15-,16+,17?,21-,22?/m0/s1. The quantitative estimate of drug-likeness (QED) is 0.442. The van der Waals surface area contributed by atoms with E-state index in [-0.39, 0.29) is 37.6 Å². The second-order valence-electron chi connectivity index (χ2n) is 8.71. The number of hydrogen-bond acceptors (Lipinski definition) is 6. The van der Waals surface area contributed by atoms with E-state index in [1.807, 2.05) is 20.8 Å². The van der Waals surface area contributed by atoms with Crippen LogP contribution in [0.15, 0.2) is 12.7 Å². The molecule has 0 saturated carbocycles. The molecule has 0 radical (unpaired) electrons. The third kappa shape index (κ3) is 3.07. The van der Waals surface area contributed by atoms with Gasteiger partial charge >= 0.3 is 5.97 Å². The second-order valence-corrected chi connectivity index (χ2v) is 8.71. The van der Waals surface area contributed by atoms with Crippen LogP contribution in [0.5, 0.6) is 0 Å². The van der Waals surface area contributed by atoms with Gasteiger partial charge in [-0.2, -0.15) is 0 Å². The number of amides is 2. The third-order valence-corrected chi connectivity index (χ3v) is 7.03. The van der Waals surface area contributed by atoms with Crippen LogP contribution in [0.1, 0.15) is 47.0 Å². The molecule has 0 aromatic rings. The maximum atomic E-state index is 13.7. The summed E-state index contributed by atoms with van der Waals surface area (Å²) >= 11 is 0. The third-order valence-electron chi connectivity index (χ3n) is 7.03. The molecule has 2 unspecified atom stereocenters. The fourth-order valence-electron chi connectivity index (χ4n) is 5.79. The largest absolute Gasteiger partial charge is 0.466 e. The van der Waals surface area contributed by atoms with Crippen molar-refractivity contribution in [3.63, 3.8) is 0 Å². The summed E-state index contributed by atoms with van der Waals surface area (Å²) in [6, 6.07) is -0.978. The highest BCUT2D eigenvalue weighted by Crippen LogP contribution is 2.64. The number of fused-ring (bicyclic) bond motifs is 1. The van der Waals surface area contributed by atoms with Crippen molar-refractivity contribution in [2.75, 3.05) is 26.3 Å². The number of carbonyl (C=O) groups excluding carboxylic acids is 3. The Morgan fingerprint density at radius 3 is 2.63 bits per heavy atom. The Hall–Kier alpha value is -1.93. The molecule has 0 aromatic heterocycles. The van der Waals surface area contributed by atoms with Crippen molar-refractivity contribution >= 4 is 17.8 Å². The summed E-state index contributed by atoms with van der Waals surface area (Å²) in [5, 5.41) is 9.61. The molecule has 3 saturated heterocycles. The lowest BCUT2D eigenvalue weighted by molar-refractivity contribution is -0.162. The number of likely N-dealkylation sites (tertiary alicyclic amines) is 1. The van der Waals surface area contributed by atoms with Crippen molar-refractivity contribution in [3.05, 3.63) is 12.7 Å². The number of ether oxygens (including phenoxy) is 2. The van der Waals surface area contributed by atoms with Gasteiger partial charge in [0, 0.05) is 19.1 Å². The summed E-state index contributed by atoms with van der Waals surface area (Å²) in [6.45, 7) is 11.5. The highest BCUT2D eigenvalue weighted by molar-refractivity contribution is 5.98. The molecular weight excluding hydrogens is 388 g/mol. The zero-order valence-corrected chi connectivity index (χ0v) is 18.4. The zero-order valence-electron chi connectivity index (χ0n) is 18.4. The number of rotatable bonds is 9. The molecule has 0 aromatic carbocycles. The van der Waals surface area contributed by atoms with Gasteiger partial charge in [0.05, 0.1) is 24.7 Å². The molecule has 3 rings (SSSR count). The maximum absolute atomic E-state index is 13.7. The fourth-order valence-corrected chi connectivity index (χ4v) is 5.79. The summed E-state index contributed by atoms with van der Waals surface area (Å²) in [4.78, 5) is 43.3. The Morgan fingerprint density at radius 2 is 2.10 bits per heavy atom. The van der Waals surface area contributed by atoms with Crippen LogP contribution in [0, 0.1) is 11.8 Å². The van der Waals surface area contributed by atoms with Crippen LogP contribution >= 0.6 is 0 Å². The van der Waals surface area contributed by atoms with Crippen molar-refractivity contribution in [1.29, 1.82) is 0 Å². The van der Waals surface area contributed by atoms with Crippen LogP contribution in [0.3, 0.4) is 0 Å². The summed E-state index contributed by atoms with van der Waals surface area (Å²) in [7, 11) is 0. The van der Waals surface area contributed by atoms with E-state index in [4.69, 9.17) is 9.47 Å². The molecule has 8 heteroatoms. The Balaban J connectivity index is 2.10. The molecular formula is C22H34N2O6. The topological polar surface area (TPSA) is 96.4 Å². The van der Waals surface area contributed by atoms with E-state index in [0.29, 0.717) is 25.8 Å². The number of nitrogens with zero attached hydrogens (tertiary/aromatic N) is 2. The minimum absolute atomic E-state index is 0.0194. The number of esters is 1. The number of aliphatic hydroxyl groups is 1. The van der Waals surface area contributed by atoms with E-state index in [9.17, 15) is 19.5 Å². The van der Waals surface area contributed by atoms with Gasteiger partial charge < -0.3 is 24.4 Å². The molecule has 0 aliphatic carbocycles. The van der Waals surface area contributed by atoms with E-state index < -0.39 is 35.0 Å². The fraction of sp³-hybridized carbons (Fsp3) is 0.773. The monoisotopic (exact) mass is 422 g/mol. The molecule has 3 heterocycles. The van der Waals surface area contributed by atoms with E-state index in [1.165, 1.54) is 4.90 Å². The summed E-state index contributed by atoms with van der Waals surface area (Å²) in [5.41, 5.74) is -1.87. The van der Waals surface area contributed by atoms with Crippen LogP contribution in [0.4, 0.5) is 0 Å². The molecule has 2 bridgehead atoms. The summed E-state index contributed by atoms with van der Waals surface area (Å²) < 4.78 is 11.9. The molecule has 1 spiro atoms. The van der Waals surface area contributed by atoms with Crippen LogP contribution in [-0.4, -0.2) is 82.3 Å². The van der Waals surface area contributed by atoms with Crippen LogP contribution < -0.4 is 0 Å².